The molecule has 3 rings (SSSR count). The Labute approximate surface area is 164 Å². The van der Waals surface area contributed by atoms with Crippen LogP contribution in [0.25, 0.3) is 10.9 Å². The van der Waals surface area contributed by atoms with Gasteiger partial charge in [0.15, 0.2) is 0 Å². The molecule has 28 heavy (non-hydrogen) atoms. The molecule has 0 bridgehead atoms. The molecular formula is C21H22N2O4S. The van der Waals surface area contributed by atoms with Crippen molar-refractivity contribution in [3.8, 4) is 0 Å². The summed E-state index contributed by atoms with van der Waals surface area (Å²) >= 11 is 0. The number of carbonyl (C=O) groups excluding carboxylic acids is 1. The lowest BCUT2D eigenvalue weighted by Gasteiger charge is -2.21. The first kappa shape index (κ1) is 20.0. The van der Waals surface area contributed by atoms with Crippen molar-refractivity contribution < 1.29 is 17.9 Å². The number of rotatable bonds is 6. The maximum absolute atomic E-state index is 12.6. The molecule has 0 aliphatic carbocycles. The molecule has 0 aliphatic rings. The van der Waals surface area contributed by atoms with Crippen LogP contribution in [0, 0.1) is 0 Å². The number of fused-ring (bicyclic) bond motifs is 1. The van der Waals surface area contributed by atoms with Gasteiger partial charge in [-0.1, -0.05) is 30.3 Å². The zero-order valence-corrected chi connectivity index (χ0v) is 16.8. The van der Waals surface area contributed by atoms with Gasteiger partial charge in [-0.25, -0.2) is 18.2 Å². The second kappa shape index (κ2) is 8.08. The third kappa shape index (κ3) is 4.21. The van der Waals surface area contributed by atoms with Gasteiger partial charge in [-0.3, -0.25) is 0 Å². The molecule has 0 unspecified atom stereocenters. The zero-order valence-electron chi connectivity index (χ0n) is 16.0. The van der Waals surface area contributed by atoms with E-state index in [0.717, 1.165) is 10.9 Å². The van der Waals surface area contributed by atoms with Crippen molar-refractivity contribution in [2.45, 2.75) is 31.4 Å². The summed E-state index contributed by atoms with van der Waals surface area (Å²) in [5, 5.41) is 1.00. The predicted octanol–water partition coefficient (Wildman–Crippen LogP) is 3.62. The highest BCUT2D eigenvalue weighted by atomic mass is 32.2. The number of para-hydroxylation sites is 1. The minimum Gasteiger partial charge on any atom is -0.456 e. The number of aromatic nitrogens is 1. The van der Waals surface area contributed by atoms with Gasteiger partial charge in [-0.2, -0.15) is 4.31 Å². The Balaban J connectivity index is 1.75. The van der Waals surface area contributed by atoms with Crippen LogP contribution in [-0.4, -0.2) is 36.8 Å². The first-order valence-corrected chi connectivity index (χ1v) is 10.3. The Morgan fingerprint density at radius 2 is 1.82 bits per heavy atom. The highest BCUT2D eigenvalue weighted by Gasteiger charge is 2.24. The molecule has 0 radical (unpaired) electrons. The lowest BCUT2D eigenvalue weighted by atomic mass is 10.2. The van der Waals surface area contributed by atoms with E-state index in [1.165, 1.54) is 35.6 Å². The molecule has 0 atom stereocenters. The van der Waals surface area contributed by atoms with Crippen molar-refractivity contribution in [2.75, 3.05) is 7.05 Å². The normalized spacial score (nSPS) is 11.9. The first-order valence-electron chi connectivity index (χ1n) is 8.89. The molecule has 3 aromatic rings. The molecule has 0 N–H and O–H groups in total. The lowest BCUT2D eigenvalue weighted by molar-refractivity contribution is 0.0468. The average Bonchev–Trinajstić information content (AvgIpc) is 2.71. The van der Waals surface area contributed by atoms with E-state index < -0.39 is 16.0 Å². The molecule has 1 heterocycles. The van der Waals surface area contributed by atoms with Crippen LogP contribution in [0.4, 0.5) is 0 Å². The van der Waals surface area contributed by atoms with Crippen LogP contribution in [0.15, 0.2) is 65.6 Å². The van der Waals surface area contributed by atoms with Crippen LogP contribution in [-0.2, 0) is 21.4 Å². The van der Waals surface area contributed by atoms with Crippen molar-refractivity contribution in [3.63, 3.8) is 0 Å². The molecular weight excluding hydrogens is 376 g/mol. The molecule has 7 heteroatoms. The van der Waals surface area contributed by atoms with Gasteiger partial charge in [0.1, 0.15) is 6.61 Å². The lowest BCUT2D eigenvalue weighted by Crippen LogP contribution is -2.33. The molecule has 6 nitrogen and oxygen atoms in total. The predicted molar refractivity (Wildman–Crippen MR) is 107 cm³/mol. The molecule has 2 aromatic carbocycles. The van der Waals surface area contributed by atoms with Gasteiger partial charge in [-0.15, -0.1) is 0 Å². The highest BCUT2D eigenvalue weighted by molar-refractivity contribution is 7.89. The largest absolute Gasteiger partial charge is 0.456 e. The van der Waals surface area contributed by atoms with Crippen molar-refractivity contribution in [1.82, 2.24) is 9.29 Å². The number of ether oxygens (including phenoxy) is 1. The second-order valence-corrected chi connectivity index (χ2v) is 8.71. The maximum atomic E-state index is 12.6. The molecule has 0 fully saturated rings. The van der Waals surface area contributed by atoms with Gasteiger partial charge in [0, 0.05) is 18.5 Å². The van der Waals surface area contributed by atoms with Crippen LogP contribution in [0.1, 0.15) is 29.9 Å². The Kier molecular flexibility index (Phi) is 5.76. The summed E-state index contributed by atoms with van der Waals surface area (Å²) in [7, 11) is -2.16. The summed E-state index contributed by atoms with van der Waals surface area (Å²) in [4.78, 5) is 16.9. The Morgan fingerprint density at radius 1 is 1.07 bits per heavy atom. The van der Waals surface area contributed by atoms with Gasteiger partial charge >= 0.3 is 5.97 Å². The molecule has 0 amide bonds. The first-order chi connectivity index (χ1) is 13.3. The van der Waals surface area contributed by atoms with Crippen LogP contribution in [0.2, 0.25) is 0 Å². The van der Waals surface area contributed by atoms with E-state index in [1.807, 2.05) is 30.3 Å². The van der Waals surface area contributed by atoms with E-state index in [4.69, 9.17) is 4.74 Å². The van der Waals surface area contributed by atoms with Gasteiger partial charge in [-0.05, 0) is 44.2 Å². The number of pyridine rings is 1. The number of sulfonamides is 1. The van der Waals surface area contributed by atoms with Crippen molar-refractivity contribution in [1.29, 1.82) is 0 Å². The summed E-state index contributed by atoms with van der Waals surface area (Å²) < 4.78 is 31.8. The molecule has 0 saturated carbocycles. The van der Waals surface area contributed by atoms with E-state index in [0.29, 0.717) is 5.69 Å². The van der Waals surface area contributed by atoms with E-state index in [2.05, 4.69) is 4.98 Å². The highest BCUT2D eigenvalue weighted by Crippen LogP contribution is 2.19. The van der Waals surface area contributed by atoms with Crippen molar-refractivity contribution >= 4 is 26.9 Å². The standard InChI is InChI=1S/C21H22N2O4S/c1-15(2)23(3)28(25,26)19-9-6-8-17(13-19)21(24)27-14-18-12-11-16-7-4-5-10-20(16)22-18/h4-13,15H,14H2,1-3H3. The number of hydrogen-bond donors (Lipinski definition) is 0. The van der Waals surface area contributed by atoms with E-state index >= 15 is 0 Å². The topological polar surface area (TPSA) is 76.6 Å². The monoisotopic (exact) mass is 398 g/mol. The fourth-order valence-corrected chi connectivity index (χ4v) is 4.05. The Hall–Kier alpha value is -2.77. The quantitative estimate of drug-likeness (QED) is 0.593. The van der Waals surface area contributed by atoms with Gasteiger partial charge in [0.05, 0.1) is 21.7 Å². The van der Waals surface area contributed by atoms with Crippen molar-refractivity contribution in [2.24, 2.45) is 0 Å². The van der Waals surface area contributed by atoms with E-state index in [9.17, 15) is 13.2 Å². The van der Waals surface area contributed by atoms with Crippen LogP contribution in [0.5, 0.6) is 0 Å². The summed E-state index contributed by atoms with van der Waals surface area (Å²) in [6.07, 6.45) is 0. The fourth-order valence-electron chi connectivity index (χ4n) is 2.64. The summed E-state index contributed by atoms with van der Waals surface area (Å²) in [5.41, 5.74) is 1.62. The van der Waals surface area contributed by atoms with Crippen molar-refractivity contribution in [3.05, 3.63) is 71.9 Å². The summed E-state index contributed by atoms with van der Waals surface area (Å²) in [5.74, 6) is -0.598. The summed E-state index contributed by atoms with van der Waals surface area (Å²) in [6.45, 7) is 3.57. The number of esters is 1. The molecule has 1 aromatic heterocycles. The SMILES string of the molecule is CC(C)N(C)S(=O)(=O)c1cccc(C(=O)OCc2ccc3ccccc3n2)c1. The number of nitrogens with zero attached hydrogens (tertiary/aromatic N) is 2. The number of carbonyl (C=O) groups is 1. The molecule has 0 aliphatic heterocycles. The van der Waals surface area contributed by atoms with E-state index in [-0.39, 0.29) is 23.1 Å². The third-order valence-electron chi connectivity index (χ3n) is 4.48. The minimum absolute atomic E-state index is 0.00649. The molecule has 0 spiro atoms. The Bertz CT molecular complexity index is 1110. The smallest absolute Gasteiger partial charge is 0.338 e. The number of benzene rings is 2. The van der Waals surface area contributed by atoms with Crippen LogP contribution < -0.4 is 0 Å². The fraction of sp³-hybridized carbons (Fsp3) is 0.238. The zero-order chi connectivity index (χ0) is 20.3. The maximum Gasteiger partial charge on any atom is 0.338 e. The van der Waals surface area contributed by atoms with E-state index in [1.54, 1.807) is 19.9 Å². The molecule has 0 saturated heterocycles. The minimum atomic E-state index is -3.67. The Morgan fingerprint density at radius 3 is 2.57 bits per heavy atom. The average molecular weight is 398 g/mol. The van der Waals surface area contributed by atoms with Gasteiger partial charge in [0.25, 0.3) is 0 Å². The van der Waals surface area contributed by atoms with Crippen LogP contribution >= 0.6 is 0 Å². The molecule has 146 valence electrons. The van der Waals surface area contributed by atoms with Crippen LogP contribution in [0.3, 0.4) is 0 Å². The second-order valence-electron chi connectivity index (χ2n) is 6.71. The summed E-state index contributed by atoms with van der Waals surface area (Å²) in [6, 6.07) is 17.1. The number of hydrogen-bond acceptors (Lipinski definition) is 5. The van der Waals surface area contributed by atoms with Gasteiger partial charge < -0.3 is 4.74 Å². The third-order valence-corrected chi connectivity index (χ3v) is 6.51. The van der Waals surface area contributed by atoms with Gasteiger partial charge in [0.2, 0.25) is 10.0 Å².